The van der Waals surface area contributed by atoms with Gasteiger partial charge in [0, 0.05) is 5.69 Å². The summed E-state index contributed by atoms with van der Waals surface area (Å²) in [5.74, 6) is -0.385. The Morgan fingerprint density at radius 2 is 1.67 bits per heavy atom. The highest BCUT2D eigenvalue weighted by atomic mass is 16.2. The number of carbonyl (C=O) groups excluding carboxylic acids is 2. The molecule has 0 aromatic heterocycles. The van der Waals surface area contributed by atoms with Crippen LogP contribution in [0.2, 0.25) is 0 Å². The molecule has 21 heavy (non-hydrogen) atoms. The molecule has 0 aliphatic carbocycles. The average molecular weight is 280 g/mol. The number of amides is 3. The lowest BCUT2D eigenvalue weighted by atomic mass is 10.1. The van der Waals surface area contributed by atoms with E-state index in [4.69, 9.17) is 11.0 Å². The summed E-state index contributed by atoms with van der Waals surface area (Å²) < 4.78 is 0. The van der Waals surface area contributed by atoms with E-state index in [2.05, 4.69) is 10.6 Å². The van der Waals surface area contributed by atoms with Crippen LogP contribution in [-0.4, -0.2) is 11.9 Å². The van der Waals surface area contributed by atoms with Gasteiger partial charge in [-0.25, -0.2) is 4.79 Å². The molecule has 2 rings (SSSR count). The fourth-order valence-corrected chi connectivity index (χ4v) is 1.75. The SMILES string of the molecule is N#Cc1ccc(NC(=O)c2ccccc2NC(N)=O)cc1. The van der Waals surface area contributed by atoms with Crippen molar-refractivity contribution in [1.82, 2.24) is 0 Å². The van der Waals surface area contributed by atoms with Gasteiger partial charge in [0.25, 0.3) is 5.91 Å². The molecule has 0 fully saturated rings. The van der Waals surface area contributed by atoms with Gasteiger partial charge in [0.1, 0.15) is 0 Å². The Hall–Kier alpha value is -3.33. The molecule has 0 bridgehead atoms. The summed E-state index contributed by atoms with van der Waals surface area (Å²) in [4.78, 5) is 23.1. The van der Waals surface area contributed by atoms with E-state index >= 15 is 0 Å². The van der Waals surface area contributed by atoms with Gasteiger partial charge in [-0.05, 0) is 36.4 Å². The number of anilines is 2. The highest BCUT2D eigenvalue weighted by Crippen LogP contribution is 2.17. The van der Waals surface area contributed by atoms with Crippen molar-refractivity contribution in [3.63, 3.8) is 0 Å². The van der Waals surface area contributed by atoms with Crippen molar-refractivity contribution in [3.8, 4) is 6.07 Å². The zero-order valence-corrected chi connectivity index (χ0v) is 11.0. The molecular formula is C15H12N4O2. The van der Waals surface area contributed by atoms with Crippen LogP contribution in [0.1, 0.15) is 15.9 Å². The standard InChI is InChI=1S/C15H12N4O2/c16-9-10-5-7-11(8-6-10)18-14(20)12-3-1-2-4-13(12)19-15(17)21/h1-8H,(H,18,20)(H3,17,19,21). The number of nitriles is 1. The summed E-state index contributed by atoms with van der Waals surface area (Å²) in [6, 6.07) is 14.2. The van der Waals surface area contributed by atoms with Crippen LogP contribution in [-0.2, 0) is 0 Å². The first-order valence-corrected chi connectivity index (χ1v) is 6.07. The summed E-state index contributed by atoms with van der Waals surface area (Å²) in [6.45, 7) is 0. The third-order valence-corrected chi connectivity index (χ3v) is 2.70. The quantitative estimate of drug-likeness (QED) is 0.802. The molecule has 0 saturated heterocycles. The Balaban J connectivity index is 2.20. The number of nitrogens with two attached hydrogens (primary N) is 1. The normalized spacial score (nSPS) is 9.48. The molecule has 0 aliphatic heterocycles. The van der Waals surface area contributed by atoms with Crippen LogP contribution in [0, 0.1) is 11.3 Å². The molecule has 0 saturated carbocycles. The number of para-hydroxylation sites is 1. The third kappa shape index (κ3) is 3.58. The van der Waals surface area contributed by atoms with Crippen LogP contribution in [0.3, 0.4) is 0 Å². The maximum atomic E-state index is 12.2. The van der Waals surface area contributed by atoms with Gasteiger partial charge in [-0.2, -0.15) is 5.26 Å². The molecule has 3 amide bonds. The van der Waals surface area contributed by atoms with Crippen molar-refractivity contribution < 1.29 is 9.59 Å². The van der Waals surface area contributed by atoms with Gasteiger partial charge in [0.15, 0.2) is 0 Å². The van der Waals surface area contributed by atoms with Gasteiger partial charge in [0.2, 0.25) is 0 Å². The van der Waals surface area contributed by atoms with E-state index < -0.39 is 6.03 Å². The fourth-order valence-electron chi connectivity index (χ4n) is 1.75. The Bertz CT molecular complexity index is 717. The lowest BCUT2D eigenvalue weighted by Crippen LogP contribution is -2.22. The molecule has 104 valence electrons. The zero-order chi connectivity index (χ0) is 15.2. The van der Waals surface area contributed by atoms with Crippen molar-refractivity contribution in [2.24, 2.45) is 5.73 Å². The minimum absolute atomic E-state index is 0.292. The molecule has 0 heterocycles. The van der Waals surface area contributed by atoms with Crippen LogP contribution in [0.5, 0.6) is 0 Å². The molecule has 4 N–H and O–H groups in total. The van der Waals surface area contributed by atoms with Crippen molar-refractivity contribution >= 4 is 23.3 Å². The predicted molar refractivity (Wildman–Crippen MR) is 78.8 cm³/mol. The Kier molecular flexibility index (Phi) is 4.17. The first-order chi connectivity index (χ1) is 10.1. The van der Waals surface area contributed by atoms with E-state index in [0.29, 0.717) is 22.5 Å². The smallest absolute Gasteiger partial charge is 0.316 e. The minimum atomic E-state index is -0.742. The van der Waals surface area contributed by atoms with Gasteiger partial charge >= 0.3 is 6.03 Å². The summed E-state index contributed by atoms with van der Waals surface area (Å²) in [6.07, 6.45) is 0. The third-order valence-electron chi connectivity index (χ3n) is 2.70. The van der Waals surface area contributed by atoms with Gasteiger partial charge in [-0.3, -0.25) is 4.79 Å². The highest BCUT2D eigenvalue weighted by Gasteiger charge is 2.12. The molecule has 0 radical (unpaired) electrons. The molecule has 2 aromatic rings. The van der Waals surface area contributed by atoms with E-state index in [0.717, 1.165) is 0 Å². The lowest BCUT2D eigenvalue weighted by molar-refractivity contribution is 0.102. The second kappa shape index (κ2) is 6.21. The Morgan fingerprint density at radius 1 is 1.00 bits per heavy atom. The fraction of sp³-hybridized carbons (Fsp3) is 0. The minimum Gasteiger partial charge on any atom is -0.351 e. The van der Waals surface area contributed by atoms with E-state index in [1.807, 2.05) is 6.07 Å². The van der Waals surface area contributed by atoms with Crippen LogP contribution in [0.25, 0.3) is 0 Å². The second-order valence-electron chi connectivity index (χ2n) is 4.18. The first kappa shape index (κ1) is 14.1. The number of hydrogen-bond acceptors (Lipinski definition) is 3. The summed E-state index contributed by atoms with van der Waals surface area (Å²) in [5.41, 5.74) is 6.74. The number of carbonyl (C=O) groups is 2. The molecule has 6 nitrogen and oxygen atoms in total. The highest BCUT2D eigenvalue weighted by molar-refractivity contribution is 6.09. The zero-order valence-electron chi connectivity index (χ0n) is 11.0. The van der Waals surface area contributed by atoms with Gasteiger partial charge in [-0.1, -0.05) is 12.1 Å². The number of benzene rings is 2. The maximum Gasteiger partial charge on any atom is 0.316 e. The summed E-state index contributed by atoms with van der Waals surface area (Å²) >= 11 is 0. The molecule has 6 heteroatoms. The van der Waals surface area contributed by atoms with E-state index in [9.17, 15) is 9.59 Å². The second-order valence-corrected chi connectivity index (χ2v) is 4.18. The maximum absolute atomic E-state index is 12.2. The van der Waals surface area contributed by atoms with Gasteiger partial charge < -0.3 is 16.4 Å². The number of urea groups is 1. The van der Waals surface area contributed by atoms with Crippen molar-refractivity contribution in [2.75, 3.05) is 10.6 Å². The lowest BCUT2D eigenvalue weighted by Gasteiger charge is -2.10. The summed E-state index contributed by atoms with van der Waals surface area (Å²) in [5, 5.41) is 13.8. The Morgan fingerprint density at radius 3 is 2.29 bits per heavy atom. The molecule has 0 unspecified atom stereocenters. The molecule has 0 spiro atoms. The number of primary amides is 1. The van der Waals surface area contributed by atoms with E-state index in [1.165, 1.54) is 0 Å². The van der Waals surface area contributed by atoms with Crippen molar-refractivity contribution in [1.29, 1.82) is 5.26 Å². The number of nitrogens with zero attached hydrogens (tertiary/aromatic N) is 1. The predicted octanol–water partition coefficient (Wildman–Crippen LogP) is 2.30. The van der Waals surface area contributed by atoms with Gasteiger partial charge in [-0.15, -0.1) is 0 Å². The van der Waals surface area contributed by atoms with Crippen LogP contribution in [0.15, 0.2) is 48.5 Å². The number of rotatable bonds is 3. The van der Waals surface area contributed by atoms with E-state index in [-0.39, 0.29) is 5.91 Å². The number of hydrogen-bond donors (Lipinski definition) is 3. The van der Waals surface area contributed by atoms with Gasteiger partial charge in [0.05, 0.1) is 22.9 Å². The van der Waals surface area contributed by atoms with Crippen molar-refractivity contribution in [2.45, 2.75) is 0 Å². The van der Waals surface area contributed by atoms with Crippen LogP contribution < -0.4 is 16.4 Å². The molecular weight excluding hydrogens is 268 g/mol. The first-order valence-electron chi connectivity index (χ1n) is 6.07. The molecule has 2 aromatic carbocycles. The van der Waals surface area contributed by atoms with E-state index in [1.54, 1.807) is 48.5 Å². The Labute approximate surface area is 121 Å². The summed E-state index contributed by atoms with van der Waals surface area (Å²) in [7, 11) is 0. The molecule has 0 atom stereocenters. The number of nitrogens with one attached hydrogen (secondary N) is 2. The van der Waals surface area contributed by atoms with Crippen LogP contribution >= 0.6 is 0 Å². The topological polar surface area (TPSA) is 108 Å². The van der Waals surface area contributed by atoms with Crippen LogP contribution in [0.4, 0.5) is 16.2 Å². The largest absolute Gasteiger partial charge is 0.351 e. The molecule has 0 aliphatic rings. The van der Waals surface area contributed by atoms with Crippen molar-refractivity contribution in [3.05, 3.63) is 59.7 Å². The monoisotopic (exact) mass is 280 g/mol. The average Bonchev–Trinajstić information content (AvgIpc) is 2.48.